The molecule has 2 rings (SSSR count). The molecule has 1 atom stereocenters. The molecule has 86 valence electrons. The average Bonchev–Trinajstić information content (AvgIpc) is 2.68. The number of hydrogen-bond donors (Lipinski definition) is 2. The Morgan fingerprint density at radius 2 is 2.31 bits per heavy atom. The van der Waals surface area contributed by atoms with E-state index in [1.807, 2.05) is 12.1 Å². The second kappa shape index (κ2) is 4.97. The Balaban J connectivity index is 2.25. The van der Waals surface area contributed by atoms with E-state index in [9.17, 15) is 0 Å². The molecule has 0 aliphatic heterocycles. The van der Waals surface area contributed by atoms with E-state index in [4.69, 9.17) is 0 Å². The van der Waals surface area contributed by atoms with Gasteiger partial charge in [-0.3, -0.25) is 0 Å². The van der Waals surface area contributed by atoms with Gasteiger partial charge in [-0.25, -0.2) is 4.98 Å². The largest absolute Gasteiger partial charge is 0.342 e. The first-order chi connectivity index (χ1) is 7.70. The summed E-state index contributed by atoms with van der Waals surface area (Å²) < 4.78 is 1.08. The lowest BCUT2D eigenvalue weighted by Crippen LogP contribution is -2.19. The van der Waals surface area contributed by atoms with Crippen molar-refractivity contribution < 1.29 is 0 Å². The summed E-state index contributed by atoms with van der Waals surface area (Å²) in [6.07, 6.45) is 0. The molecule has 0 fully saturated rings. The monoisotopic (exact) mass is 281 g/mol. The highest BCUT2D eigenvalue weighted by Gasteiger charge is 2.10. The second-order valence-electron chi connectivity index (χ2n) is 3.99. The van der Waals surface area contributed by atoms with Crippen molar-refractivity contribution in [3.8, 4) is 0 Å². The zero-order valence-corrected chi connectivity index (χ0v) is 11.1. The molecule has 16 heavy (non-hydrogen) atoms. The summed E-state index contributed by atoms with van der Waals surface area (Å²) in [5.74, 6) is 1.46. The quantitative estimate of drug-likeness (QED) is 0.905. The first-order valence-electron chi connectivity index (χ1n) is 5.56. The normalized spacial score (nSPS) is 13.2. The van der Waals surface area contributed by atoms with Gasteiger partial charge in [0.2, 0.25) is 0 Å². The first-order valence-corrected chi connectivity index (χ1v) is 6.36. The molecule has 2 N–H and O–H groups in total. The van der Waals surface area contributed by atoms with E-state index < -0.39 is 0 Å². The number of benzene rings is 1. The maximum absolute atomic E-state index is 4.59. The SMILES string of the molecule is CCNCC(C)c1nc2ccc(Br)cc2[nH]1. The summed E-state index contributed by atoms with van der Waals surface area (Å²) in [6, 6.07) is 6.10. The van der Waals surface area contributed by atoms with E-state index >= 15 is 0 Å². The third kappa shape index (κ3) is 2.44. The van der Waals surface area contributed by atoms with Crippen LogP contribution in [0.15, 0.2) is 22.7 Å². The van der Waals surface area contributed by atoms with Crippen molar-refractivity contribution in [1.82, 2.24) is 15.3 Å². The van der Waals surface area contributed by atoms with Crippen LogP contribution in [0.1, 0.15) is 25.6 Å². The fraction of sp³-hybridized carbons (Fsp3) is 0.417. The topological polar surface area (TPSA) is 40.7 Å². The molecule has 3 nitrogen and oxygen atoms in total. The lowest BCUT2D eigenvalue weighted by Gasteiger charge is -2.07. The van der Waals surface area contributed by atoms with Crippen molar-refractivity contribution in [1.29, 1.82) is 0 Å². The van der Waals surface area contributed by atoms with E-state index in [1.165, 1.54) is 0 Å². The van der Waals surface area contributed by atoms with Gasteiger partial charge in [-0.2, -0.15) is 0 Å². The van der Waals surface area contributed by atoms with Crippen molar-refractivity contribution in [2.75, 3.05) is 13.1 Å². The minimum absolute atomic E-state index is 0.408. The van der Waals surface area contributed by atoms with Crippen LogP contribution in [0.25, 0.3) is 11.0 Å². The summed E-state index contributed by atoms with van der Waals surface area (Å²) in [5, 5.41) is 3.33. The molecule has 1 aromatic carbocycles. The third-order valence-electron chi connectivity index (χ3n) is 2.63. The van der Waals surface area contributed by atoms with Gasteiger partial charge in [-0.1, -0.05) is 29.8 Å². The molecule has 1 unspecified atom stereocenters. The van der Waals surface area contributed by atoms with Gasteiger partial charge in [-0.05, 0) is 24.7 Å². The van der Waals surface area contributed by atoms with Crippen LogP contribution in [-0.4, -0.2) is 23.1 Å². The molecule has 1 aromatic heterocycles. The van der Waals surface area contributed by atoms with Crippen LogP contribution in [-0.2, 0) is 0 Å². The predicted molar refractivity (Wildman–Crippen MR) is 70.8 cm³/mol. The van der Waals surface area contributed by atoms with Crippen LogP contribution in [0, 0.1) is 0 Å². The minimum Gasteiger partial charge on any atom is -0.342 e. The van der Waals surface area contributed by atoms with Crippen LogP contribution < -0.4 is 5.32 Å². The Morgan fingerprint density at radius 3 is 3.06 bits per heavy atom. The summed E-state index contributed by atoms with van der Waals surface area (Å²) in [5.41, 5.74) is 2.12. The molecule has 0 aliphatic rings. The van der Waals surface area contributed by atoms with Crippen LogP contribution in [0.3, 0.4) is 0 Å². The highest BCUT2D eigenvalue weighted by atomic mass is 79.9. The van der Waals surface area contributed by atoms with Crippen molar-refractivity contribution in [3.63, 3.8) is 0 Å². The number of hydrogen-bond acceptors (Lipinski definition) is 2. The van der Waals surface area contributed by atoms with Crippen LogP contribution in [0.5, 0.6) is 0 Å². The number of likely N-dealkylation sites (N-methyl/N-ethyl adjacent to an activating group) is 1. The molecule has 0 radical (unpaired) electrons. The molecule has 2 aromatic rings. The smallest absolute Gasteiger partial charge is 0.111 e. The number of halogens is 1. The van der Waals surface area contributed by atoms with Gasteiger partial charge >= 0.3 is 0 Å². The summed E-state index contributed by atoms with van der Waals surface area (Å²) >= 11 is 3.46. The van der Waals surface area contributed by atoms with E-state index in [1.54, 1.807) is 0 Å². The van der Waals surface area contributed by atoms with Gasteiger partial charge in [0.1, 0.15) is 5.82 Å². The molecular formula is C12H16BrN3. The Morgan fingerprint density at radius 1 is 1.50 bits per heavy atom. The molecule has 0 saturated heterocycles. The first kappa shape index (κ1) is 11.6. The number of imidazole rings is 1. The highest BCUT2D eigenvalue weighted by Crippen LogP contribution is 2.20. The zero-order chi connectivity index (χ0) is 11.5. The van der Waals surface area contributed by atoms with E-state index in [0.29, 0.717) is 5.92 Å². The number of fused-ring (bicyclic) bond motifs is 1. The van der Waals surface area contributed by atoms with Crippen LogP contribution in [0.2, 0.25) is 0 Å². The molecule has 0 aliphatic carbocycles. The fourth-order valence-electron chi connectivity index (χ4n) is 1.69. The Hall–Kier alpha value is -0.870. The molecule has 0 bridgehead atoms. The van der Waals surface area contributed by atoms with Crippen LogP contribution >= 0.6 is 15.9 Å². The molecule has 0 spiro atoms. The van der Waals surface area contributed by atoms with Gasteiger partial charge in [0.25, 0.3) is 0 Å². The van der Waals surface area contributed by atoms with E-state index in [2.05, 4.69) is 51.1 Å². The third-order valence-corrected chi connectivity index (χ3v) is 3.12. The number of nitrogens with one attached hydrogen (secondary N) is 2. The van der Waals surface area contributed by atoms with Crippen molar-refractivity contribution >= 4 is 27.0 Å². The summed E-state index contributed by atoms with van der Waals surface area (Å²) in [4.78, 5) is 7.95. The predicted octanol–water partition coefficient (Wildman–Crippen LogP) is 3.04. The minimum atomic E-state index is 0.408. The number of rotatable bonds is 4. The molecule has 0 saturated carbocycles. The van der Waals surface area contributed by atoms with Crippen LogP contribution in [0.4, 0.5) is 0 Å². The Labute approximate surface area is 104 Å². The van der Waals surface area contributed by atoms with E-state index in [-0.39, 0.29) is 0 Å². The molecule has 4 heteroatoms. The standard InChI is InChI=1S/C12H16BrN3/c1-3-14-7-8(2)12-15-10-5-4-9(13)6-11(10)16-12/h4-6,8,14H,3,7H2,1-2H3,(H,15,16). The van der Waals surface area contributed by atoms with Gasteiger partial charge < -0.3 is 10.3 Å². The summed E-state index contributed by atoms with van der Waals surface area (Å²) in [6.45, 7) is 6.24. The zero-order valence-electron chi connectivity index (χ0n) is 9.55. The van der Waals surface area contributed by atoms with Crippen molar-refractivity contribution in [2.45, 2.75) is 19.8 Å². The van der Waals surface area contributed by atoms with Crippen molar-refractivity contribution in [3.05, 3.63) is 28.5 Å². The Bertz CT molecular complexity index is 478. The molecular weight excluding hydrogens is 266 g/mol. The molecule has 0 amide bonds. The highest BCUT2D eigenvalue weighted by molar-refractivity contribution is 9.10. The van der Waals surface area contributed by atoms with Crippen molar-refractivity contribution in [2.24, 2.45) is 0 Å². The summed E-state index contributed by atoms with van der Waals surface area (Å²) in [7, 11) is 0. The van der Waals surface area contributed by atoms with E-state index in [0.717, 1.165) is 34.4 Å². The maximum Gasteiger partial charge on any atom is 0.111 e. The lowest BCUT2D eigenvalue weighted by atomic mass is 10.2. The van der Waals surface area contributed by atoms with Gasteiger partial charge in [0, 0.05) is 16.9 Å². The van der Waals surface area contributed by atoms with Gasteiger partial charge in [0.15, 0.2) is 0 Å². The number of H-pyrrole nitrogens is 1. The molecule has 1 heterocycles. The average molecular weight is 282 g/mol. The van der Waals surface area contributed by atoms with Gasteiger partial charge in [0.05, 0.1) is 11.0 Å². The Kier molecular flexibility index (Phi) is 3.61. The number of aromatic nitrogens is 2. The maximum atomic E-state index is 4.59. The number of aromatic amines is 1. The number of nitrogens with zero attached hydrogens (tertiary/aromatic N) is 1. The second-order valence-corrected chi connectivity index (χ2v) is 4.91. The fourth-order valence-corrected chi connectivity index (χ4v) is 2.05. The lowest BCUT2D eigenvalue weighted by molar-refractivity contribution is 0.614. The van der Waals surface area contributed by atoms with Gasteiger partial charge in [-0.15, -0.1) is 0 Å².